The molecule has 2 aromatic carbocycles. The minimum absolute atomic E-state index is 0.105. The molecule has 0 radical (unpaired) electrons. The first kappa shape index (κ1) is 19.5. The van der Waals surface area contributed by atoms with Crippen LogP contribution in [0.4, 0.5) is 5.69 Å². The van der Waals surface area contributed by atoms with Crippen LogP contribution in [0.15, 0.2) is 47.4 Å². The van der Waals surface area contributed by atoms with E-state index in [9.17, 15) is 18.5 Å². The Kier molecular flexibility index (Phi) is 5.59. The maximum absolute atomic E-state index is 13.2. The highest BCUT2D eigenvalue weighted by Gasteiger charge is 2.38. The molecule has 10 heteroatoms. The summed E-state index contributed by atoms with van der Waals surface area (Å²) in [6, 6.07) is 10.3. The van der Waals surface area contributed by atoms with Gasteiger partial charge in [-0.3, -0.25) is 10.1 Å². The van der Waals surface area contributed by atoms with Crippen LogP contribution in [0.2, 0.25) is 0 Å². The predicted molar refractivity (Wildman–Crippen MR) is 102 cm³/mol. The van der Waals surface area contributed by atoms with Gasteiger partial charge >= 0.3 is 0 Å². The fourth-order valence-corrected chi connectivity index (χ4v) is 6.16. The number of rotatable bonds is 6. The molecule has 0 aromatic heterocycles. The predicted octanol–water partition coefficient (Wildman–Crippen LogP) is 3.05. The van der Waals surface area contributed by atoms with Crippen molar-refractivity contribution in [2.24, 2.45) is 0 Å². The van der Waals surface area contributed by atoms with E-state index in [2.05, 4.69) is 0 Å². The van der Waals surface area contributed by atoms with E-state index >= 15 is 0 Å². The second-order valence-electron chi connectivity index (χ2n) is 5.70. The first-order valence-corrected chi connectivity index (χ1v) is 10.5. The molecule has 27 heavy (non-hydrogen) atoms. The van der Waals surface area contributed by atoms with E-state index in [-0.39, 0.29) is 10.6 Å². The molecule has 1 aliphatic heterocycles. The molecule has 1 fully saturated rings. The lowest BCUT2D eigenvalue weighted by molar-refractivity contribution is -0.385. The van der Waals surface area contributed by atoms with E-state index in [0.717, 1.165) is 6.07 Å². The van der Waals surface area contributed by atoms with Crippen molar-refractivity contribution in [3.8, 4) is 11.5 Å². The monoisotopic (exact) mass is 410 g/mol. The van der Waals surface area contributed by atoms with Crippen LogP contribution in [0.1, 0.15) is 10.9 Å². The van der Waals surface area contributed by atoms with Crippen molar-refractivity contribution in [3.05, 3.63) is 58.1 Å². The molecular weight excluding hydrogens is 392 g/mol. The van der Waals surface area contributed by atoms with Gasteiger partial charge in [0.2, 0.25) is 10.0 Å². The van der Waals surface area contributed by atoms with Gasteiger partial charge in [0.15, 0.2) is 0 Å². The third-order valence-corrected chi connectivity index (χ3v) is 7.42. The number of nitro groups is 1. The average Bonchev–Trinajstić information content (AvgIpc) is 3.18. The molecule has 1 atom stereocenters. The maximum atomic E-state index is 13.2. The van der Waals surface area contributed by atoms with Crippen molar-refractivity contribution >= 4 is 27.5 Å². The number of nitrogens with zero attached hydrogens (tertiary/aromatic N) is 2. The molecule has 0 spiro atoms. The summed E-state index contributed by atoms with van der Waals surface area (Å²) < 4.78 is 38.3. The molecule has 144 valence electrons. The van der Waals surface area contributed by atoms with Gasteiger partial charge in [0, 0.05) is 30.0 Å². The van der Waals surface area contributed by atoms with Crippen molar-refractivity contribution in [2.75, 3.05) is 26.5 Å². The van der Waals surface area contributed by atoms with Crippen molar-refractivity contribution in [1.82, 2.24) is 4.31 Å². The molecule has 0 aliphatic carbocycles. The lowest BCUT2D eigenvalue weighted by Gasteiger charge is -2.25. The molecule has 8 nitrogen and oxygen atoms in total. The number of methoxy groups -OCH3 is 2. The number of hydrogen-bond acceptors (Lipinski definition) is 7. The van der Waals surface area contributed by atoms with Gasteiger partial charge in [-0.15, -0.1) is 11.8 Å². The molecular formula is C17H18N2O6S2. The Morgan fingerprint density at radius 1 is 1.19 bits per heavy atom. The van der Waals surface area contributed by atoms with Gasteiger partial charge in [-0.1, -0.05) is 6.07 Å². The van der Waals surface area contributed by atoms with Gasteiger partial charge in [-0.25, -0.2) is 8.42 Å². The summed E-state index contributed by atoms with van der Waals surface area (Å²) in [6.07, 6.45) is 0. The molecule has 0 saturated carbocycles. The minimum atomic E-state index is -3.92. The normalized spacial score (nSPS) is 17.6. The number of benzene rings is 2. The molecule has 1 heterocycles. The van der Waals surface area contributed by atoms with Crippen LogP contribution in [0.25, 0.3) is 0 Å². The number of non-ortho nitro benzene ring substituents is 1. The highest BCUT2D eigenvalue weighted by molar-refractivity contribution is 8.01. The summed E-state index contributed by atoms with van der Waals surface area (Å²) in [4.78, 5) is 10.3. The zero-order valence-electron chi connectivity index (χ0n) is 14.7. The average molecular weight is 410 g/mol. The Hall–Kier alpha value is -2.30. The number of ether oxygens (including phenoxy) is 2. The topological polar surface area (TPSA) is 99.0 Å². The standard InChI is InChI=1S/C17H18N2O6S2/c1-24-13-6-7-16(25-2)15(11-13)17-18(8-9-26-17)27(22,23)14-5-3-4-12(10-14)19(20)21/h3-7,10-11,17H,8-9H2,1-2H3/t17-/m1/s1. The third-order valence-electron chi connectivity index (χ3n) is 4.19. The summed E-state index contributed by atoms with van der Waals surface area (Å²) in [6.45, 7) is 0.292. The zero-order valence-corrected chi connectivity index (χ0v) is 16.3. The molecule has 0 amide bonds. The molecule has 0 bridgehead atoms. The number of hydrogen-bond donors (Lipinski definition) is 0. The van der Waals surface area contributed by atoms with Crippen LogP contribution < -0.4 is 9.47 Å². The van der Waals surface area contributed by atoms with Gasteiger partial charge in [0.05, 0.1) is 29.4 Å². The fraction of sp³-hybridized carbons (Fsp3) is 0.294. The lowest BCUT2D eigenvalue weighted by atomic mass is 10.2. The highest BCUT2D eigenvalue weighted by atomic mass is 32.2. The van der Waals surface area contributed by atoms with Crippen LogP contribution in [0, 0.1) is 10.1 Å². The summed E-state index contributed by atoms with van der Waals surface area (Å²) in [5.74, 6) is 1.74. The molecule has 2 aromatic rings. The molecule has 3 rings (SSSR count). The smallest absolute Gasteiger partial charge is 0.270 e. The Morgan fingerprint density at radius 3 is 2.63 bits per heavy atom. The van der Waals surface area contributed by atoms with Gasteiger partial charge in [-0.05, 0) is 24.3 Å². The Labute approximate surface area is 161 Å². The van der Waals surface area contributed by atoms with Gasteiger partial charge < -0.3 is 9.47 Å². The maximum Gasteiger partial charge on any atom is 0.270 e. The van der Waals surface area contributed by atoms with Crippen LogP contribution in [0.3, 0.4) is 0 Å². The molecule has 0 N–H and O–H groups in total. The summed E-state index contributed by atoms with van der Waals surface area (Å²) in [5, 5.41) is 10.5. The van der Waals surface area contributed by atoms with Crippen LogP contribution >= 0.6 is 11.8 Å². The molecule has 1 saturated heterocycles. The molecule has 0 unspecified atom stereocenters. The van der Waals surface area contributed by atoms with Crippen molar-refractivity contribution in [1.29, 1.82) is 0 Å². The summed E-state index contributed by atoms with van der Waals surface area (Å²) in [5.41, 5.74) is 0.409. The van der Waals surface area contributed by atoms with E-state index in [1.54, 1.807) is 18.2 Å². The van der Waals surface area contributed by atoms with Gasteiger partial charge in [-0.2, -0.15) is 4.31 Å². The Balaban J connectivity index is 2.04. The number of thioether (sulfide) groups is 1. The first-order chi connectivity index (χ1) is 12.9. The quantitative estimate of drug-likeness (QED) is 0.533. The lowest BCUT2D eigenvalue weighted by Crippen LogP contribution is -2.30. The van der Waals surface area contributed by atoms with E-state index in [0.29, 0.717) is 29.4 Å². The fourth-order valence-electron chi connectivity index (χ4n) is 2.87. The van der Waals surface area contributed by atoms with Crippen LogP contribution in [-0.4, -0.2) is 44.2 Å². The minimum Gasteiger partial charge on any atom is -0.497 e. The van der Waals surface area contributed by atoms with Crippen LogP contribution in [-0.2, 0) is 10.0 Å². The SMILES string of the molecule is COc1ccc(OC)c([C@H]2SCCN2S(=O)(=O)c2cccc([N+](=O)[O-])c2)c1. The second kappa shape index (κ2) is 7.75. The zero-order chi connectivity index (χ0) is 19.6. The van der Waals surface area contributed by atoms with Crippen LogP contribution in [0.5, 0.6) is 11.5 Å². The summed E-state index contributed by atoms with van der Waals surface area (Å²) >= 11 is 1.46. The van der Waals surface area contributed by atoms with E-state index in [1.807, 2.05) is 0 Å². The van der Waals surface area contributed by atoms with Crippen molar-refractivity contribution in [3.63, 3.8) is 0 Å². The van der Waals surface area contributed by atoms with Crippen molar-refractivity contribution in [2.45, 2.75) is 10.3 Å². The van der Waals surface area contributed by atoms with E-state index in [1.165, 1.54) is 48.5 Å². The van der Waals surface area contributed by atoms with E-state index in [4.69, 9.17) is 9.47 Å². The van der Waals surface area contributed by atoms with Gasteiger partial charge in [0.25, 0.3) is 5.69 Å². The highest BCUT2D eigenvalue weighted by Crippen LogP contribution is 2.45. The Morgan fingerprint density at radius 2 is 1.96 bits per heavy atom. The Bertz CT molecular complexity index is 964. The summed E-state index contributed by atoms with van der Waals surface area (Å²) in [7, 11) is -0.874. The van der Waals surface area contributed by atoms with E-state index < -0.39 is 20.3 Å². The van der Waals surface area contributed by atoms with Gasteiger partial charge in [0.1, 0.15) is 11.5 Å². The number of sulfonamides is 1. The van der Waals surface area contributed by atoms with Crippen molar-refractivity contribution < 1.29 is 22.8 Å². The first-order valence-electron chi connectivity index (χ1n) is 7.98. The largest absolute Gasteiger partial charge is 0.497 e. The molecule has 1 aliphatic rings. The number of nitro benzene ring substituents is 1. The second-order valence-corrected chi connectivity index (χ2v) is 8.78. The third kappa shape index (κ3) is 3.73.